The lowest BCUT2D eigenvalue weighted by Crippen LogP contribution is -2.13. The highest BCUT2D eigenvalue weighted by Gasteiger charge is 2.23. The fourth-order valence-corrected chi connectivity index (χ4v) is 4.56. The Kier molecular flexibility index (Phi) is 3.49. The second-order valence-electron chi connectivity index (χ2n) is 6.20. The molecule has 0 spiro atoms. The van der Waals surface area contributed by atoms with Crippen molar-refractivity contribution in [1.82, 2.24) is 9.97 Å². The van der Waals surface area contributed by atoms with Crippen LogP contribution >= 0.6 is 11.3 Å². The predicted molar refractivity (Wildman–Crippen MR) is 86.7 cm³/mol. The Morgan fingerprint density at radius 3 is 2.67 bits per heavy atom. The van der Waals surface area contributed by atoms with E-state index < -0.39 is 17.5 Å². The zero-order valence-corrected chi connectivity index (χ0v) is 13.6. The van der Waals surface area contributed by atoms with E-state index >= 15 is 0 Å². The van der Waals surface area contributed by atoms with Gasteiger partial charge >= 0.3 is 0 Å². The average Bonchev–Trinajstić information content (AvgIpc) is 2.89. The monoisotopic (exact) mass is 350 g/mol. The Labute approximate surface area is 139 Å². The van der Waals surface area contributed by atoms with Crippen molar-refractivity contribution in [2.45, 2.75) is 26.2 Å². The summed E-state index contributed by atoms with van der Waals surface area (Å²) in [7, 11) is 0. The number of aryl methyl sites for hydroxylation is 1. The quantitative estimate of drug-likeness (QED) is 0.669. The largest absolute Gasteiger partial charge is 0.306 e. The summed E-state index contributed by atoms with van der Waals surface area (Å²) in [5, 5.41) is 0.564. The van der Waals surface area contributed by atoms with Crippen molar-refractivity contribution >= 4 is 21.6 Å². The van der Waals surface area contributed by atoms with Crippen molar-refractivity contribution in [2.24, 2.45) is 5.92 Å². The number of rotatable bonds is 1. The van der Waals surface area contributed by atoms with Gasteiger partial charge in [-0.2, -0.15) is 0 Å². The van der Waals surface area contributed by atoms with Crippen LogP contribution in [0.25, 0.3) is 21.6 Å². The van der Waals surface area contributed by atoms with Gasteiger partial charge in [-0.15, -0.1) is 11.3 Å². The Morgan fingerprint density at radius 2 is 1.96 bits per heavy atom. The van der Waals surface area contributed by atoms with Crippen LogP contribution in [0.5, 0.6) is 0 Å². The number of nitrogens with one attached hydrogen (secondary N) is 1. The number of benzene rings is 1. The summed E-state index contributed by atoms with van der Waals surface area (Å²) in [5.41, 5.74) is 0.710. The molecule has 0 amide bonds. The Morgan fingerprint density at radius 1 is 1.25 bits per heavy atom. The van der Waals surface area contributed by atoms with Gasteiger partial charge in [0.05, 0.1) is 5.39 Å². The second-order valence-corrected chi connectivity index (χ2v) is 7.28. The van der Waals surface area contributed by atoms with Crippen molar-refractivity contribution in [3.8, 4) is 11.4 Å². The van der Waals surface area contributed by atoms with Crippen molar-refractivity contribution in [3.63, 3.8) is 0 Å². The molecule has 24 heavy (non-hydrogen) atoms. The third kappa shape index (κ3) is 2.34. The molecule has 4 rings (SSSR count). The Balaban J connectivity index is 1.92. The molecule has 0 saturated heterocycles. The van der Waals surface area contributed by atoms with E-state index in [1.807, 2.05) is 0 Å². The standard InChI is InChI=1S/C17H13F3N2OS/c1-7-2-3-9-12(4-7)24-17-13(9)16(23)21-15(22-17)8-5-10(18)14(20)11(19)6-8/h5-7H,2-4H2,1H3,(H,21,22,23). The van der Waals surface area contributed by atoms with Crippen molar-refractivity contribution in [3.05, 3.63) is 50.4 Å². The van der Waals surface area contributed by atoms with Gasteiger partial charge in [-0.05, 0) is 42.9 Å². The lowest BCUT2D eigenvalue weighted by molar-refractivity contribution is 0.447. The van der Waals surface area contributed by atoms with Crippen molar-refractivity contribution < 1.29 is 13.2 Å². The van der Waals surface area contributed by atoms with Crippen LogP contribution in [-0.2, 0) is 12.8 Å². The summed E-state index contributed by atoms with van der Waals surface area (Å²) in [5.74, 6) is -3.57. The summed E-state index contributed by atoms with van der Waals surface area (Å²) in [6.07, 6.45) is 2.76. The maximum atomic E-state index is 13.4. The summed E-state index contributed by atoms with van der Waals surface area (Å²) >= 11 is 1.45. The first kappa shape index (κ1) is 15.4. The number of halogens is 3. The number of fused-ring (bicyclic) bond motifs is 3. The van der Waals surface area contributed by atoms with Gasteiger partial charge in [-0.1, -0.05) is 6.92 Å². The second kappa shape index (κ2) is 5.44. The number of H-pyrrole nitrogens is 1. The maximum Gasteiger partial charge on any atom is 0.260 e. The molecule has 2 heterocycles. The fraction of sp³-hybridized carbons (Fsp3) is 0.294. The highest BCUT2D eigenvalue weighted by atomic mass is 32.1. The lowest BCUT2D eigenvalue weighted by atomic mass is 9.89. The fourth-order valence-electron chi connectivity index (χ4n) is 3.18. The number of thiophene rings is 1. The molecule has 0 fully saturated rings. The van der Waals surface area contributed by atoms with Gasteiger partial charge in [0.25, 0.3) is 5.56 Å². The molecule has 1 aromatic carbocycles. The van der Waals surface area contributed by atoms with Crippen LogP contribution < -0.4 is 5.56 Å². The van der Waals surface area contributed by atoms with Crippen LogP contribution in [0.2, 0.25) is 0 Å². The molecule has 124 valence electrons. The molecule has 1 aliphatic rings. The van der Waals surface area contributed by atoms with Crippen molar-refractivity contribution in [2.75, 3.05) is 0 Å². The molecule has 0 saturated carbocycles. The van der Waals surface area contributed by atoms with Gasteiger partial charge in [0.1, 0.15) is 10.7 Å². The van der Waals surface area contributed by atoms with Gasteiger partial charge < -0.3 is 4.98 Å². The molecule has 3 aromatic rings. The highest BCUT2D eigenvalue weighted by Crippen LogP contribution is 2.36. The van der Waals surface area contributed by atoms with Gasteiger partial charge in [-0.25, -0.2) is 18.2 Å². The normalized spacial score (nSPS) is 17.2. The van der Waals surface area contributed by atoms with Crippen LogP contribution in [-0.4, -0.2) is 9.97 Å². The minimum absolute atomic E-state index is 0.00476. The summed E-state index contributed by atoms with van der Waals surface area (Å²) in [6.45, 7) is 2.17. The first-order valence-electron chi connectivity index (χ1n) is 7.63. The number of aromatic nitrogens is 2. The molecule has 1 aliphatic carbocycles. The predicted octanol–water partition coefficient (Wildman–Crippen LogP) is 4.19. The number of nitrogens with zero attached hydrogens (tertiary/aromatic N) is 1. The molecule has 7 heteroatoms. The van der Waals surface area contributed by atoms with E-state index in [1.165, 1.54) is 11.3 Å². The molecule has 2 aromatic heterocycles. The molecular weight excluding hydrogens is 337 g/mol. The van der Waals surface area contributed by atoms with Gasteiger partial charge in [0, 0.05) is 10.4 Å². The van der Waals surface area contributed by atoms with E-state index in [2.05, 4.69) is 16.9 Å². The first-order valence-corrected chi connectivity index (χ1v) is 8.45. The Bertz CT molecular complexity index is 1000. The average molecular weight is 350 g/mol. The van der Waals surface area contributed by atoms with Crippen LogP contribution in [0.3, 0.4) is 0 Å². The minimum Gasteiger partial charge on any atom is -0.306 e. The molecule has 1 unspecified atom stereocenters. The summed E-state index contributed by atoms with van der Waals surface area (Å²) in [6, 6.07) is 1.66. The topological polar surface area (TPSA) is 45.8 Å². The zero-order chi connectivity index (χ0) is 17.0. The lowest BCUT2D eigenvalue weighted by Gasteiger charge is -2.17. The first-order chi connectivity index (χ1) is 11.4. The molecular formula is C17H13F3N2OS. The van der Waals surface area contributed by atoms with Crippen LogP contribution in [0.1, 0.15) is 23.8 Å². The number of aromatic amines is 1. The van der Waals surface area contributed by atoms with Gasteiger partial charge in [0.15, 0.2) is 17.5 Å². The maximum absolute atomic E-state index is 13.4. The van der Waals surface area contributed by atoms with E-state index in [1.54, 1.807) is 0 Å². The highest BCUT2D eigenvalue weighted by molar-refractivity contribution is 7.18. The summed E-state index contributed by atoms with van der Waals surface area (Å²) in [4.78, 5) is 21.1. The van der Waals surface area contributed by atoms with Crippen LogP contribution in [0.15, 0.2) is 16.9 Å². The number of hydrogen-bond acceptors (Lipinski definition) is 3. The molecule has 1 atom stereocenters. The third-order valence-electron chi connectivity index (χ3n) is 4.42. The van der Waals surface area contributed by atoms with Crippen LogP contribution in [0, 0.1) is 23.4 Å². The molecule has 3 nitrogen and oxygen atoms in total. The van der Waals surface area contributed by atoms with E-state index in [0.29, 0.717) is 16.1 Å². The smallest absolute Gasteiger partial charge is 0.260 e. The Hall–Kier alpha value is -2.15. The third-order valence-corrected chi connectivity index (χ3v) is 5.57. The SMILES string of the molecule is CC1CCc2c(sc3nc(-c4cc(F)c(F)c(F)c4)[nH]c(=O)c23)C1. The number of hydrogen-bond donors (Lipinski definition) is 1. The van der Waals surface area contributed by atoms with E-state index in [0.717, 1.165) is 41.8 Å². The minimum atomic E-state index is -1.54. The summed E-state index contributed by atoms with van der Waals surface area (Å²) < 4.78 is 40.0. The molecule has 0 radical (unpaired) electrons. The zero-order valence-electron chi connectivity index (χ0n) is 12.8. The molecule has 0 bridgehead atoms. The van der Waals surface area contributed by atoms with Crippen LogP contribution in [0.4, 0.5) is 13.2 Å². The van der Waals surface area contributed by atoms with Crippen molar-refractivity contribution in [1.29, 1.82) is 0 Å². The van der Waals surface area contributed by atoms with E-state index in [-0.39, 0.29) is 16.9 Å². The molecule has 0 aliphatic heterocycles. The molecule has 1 N–H and O–H groups in total. The van der Waals surface area contributed by atoms with Gasteiger partial charge in [-0.3, -0.25) is 4.79 Å². The van der Waals surface area contributed by atoms with E-state index in [9.17, 15) is 18.0 Å². The van der Waals surface area contributed by atoms with Gasteiger partial charge in [0.2, 0.25) is 0 Å². The van der Waals surface area contributed by atoms with E-state index in [4.69, 9.17) is 0 Å².